The summed E-state index contributed by atoms with van der Waals surface area (Å²) in [4.78, 5) is 11.7. The maximum absolute atomic E-state index is 11.7. The van der Waals surface area contributed by atoms with Gasteiger partial charge in [-0.2, -0.15) is 0 Å². The molecule has 0 fully saturated rings. The summed E-state index contributed by atoms with van der Waals surface area (Å²) in [7, 11) is 1.67. The molecule has 96 valence electrons. The molecule has 1 atom stereocenters. The van der Waals surface area contributed by atoms with Crippen LogP contribution in [0.15, 0.2) is 29.0 Å². The summed E-state index contributed by atoms with van der Waals surface area (Å²) in [6.07, 6.45) is 2.96. The van der Waals surface area contributed by atoms with Gasteiger partial charge in [-0.15, -0.1) is 5.10 Å². The number of aryl methyl sites for hydroxylation is 1. The fourth-order valence-corrected chi connectivity index (χ4v) is 1.47. The third-order valence-electron chi connectivity index (χ3n) is 2.48. The molecule has 0 radical (unpaired) electrons. The van der Waals surface area contributed by atoms with Gasteiger partial charge in [-0.1, -0.05) is 5.21 Å². The molecule has 1 amide bonds. The number of nitrogens with zero attached hydrogens (tertiary/aromatic N) is 3. The zero-order chi connectivity index (χ0) is 13.2. The van der Waals surface area contributed by atoms with Crippen LogP contribution in [0.25, 0.3) is 0 Å². The molecule has 0 saturated heterocycles. The smallest absolute Gasteiger partial charge is 0.273 e. The van der Waals surface area contributed by atoms with E-state index in [0.717, 1.165) is 0 Å². The van der Waals surface area contributed by atoms with Crippen LogP contribution in [0.3, 0.4) is 0 Å². The minimum absolute atomic E-state index is 0.0237. The Kier molecular flexibility index (Phi) is 3.15. The molecule has 7 heteroatoms. The second-order valence-electron chi connectivity index (χ2n) is 4.21. The number of furan rings is 1. The van der Waals surface area contributed by atoms with Crippen molar-refractivity contribution in [1.82, 2.24) is 20.3 Å². The van der Waals surface area contributed by atoms with Gasteiger partial charge in [-0.05, 0) is 19.1 Å². The molecule has 2 N–H and O–H groups in total. The Bertz CT molecular complexity index is 530. The van der Waals surface area contributed by atoms with Crippen LogP contribution < -0.4 is 5.32 Å². The van der Waals surface area contributed by atoms with Crippen LogP contribution in [0.5, 0.6) is 0 Å². The average Bonchev–Trinajstić information content (AvgIpc) is 2.96. The fraction of sp³-hybridized carbons (Fsp3) is 0.364. The first-order valence-electron chi connectivity index (χ1n) is 5.40. The van der Waals surface area contributed by atoms with Crippen molar-refractivity contribution in [3.8, 4) is 0 Å². The lowest BCUT2D eigenvalue weighted by atomic mass is 10.0. The van der Waals surface area contributed by atoms with Gasteiger partial charge in [0.2, 0.25) is 0 Å². The summed E-state index contributed by atoms with van der Waals surface area (Å²) in [6, 6.07) is 3.32. The number of hydrogen-bond donors (Lipinski definition) is 2. The summed E-state index contributed by atoms with van der Waals surface area (Å²) >= 11 is 0. The number of aromatic nitrogens is 3. The Morgan fingerprint density at radius 3 is 3.00 bits per heavy atom. The fourth-order valence-electron chi connectivity index (χ4n) is 1.47. The van der Waals surface area contributed by atoms with Gasteiger partial charge >= 0.3 is 0 Å². The maximum Gasteiger partial charge on any atom is 0.273 e. The second-order valence-corrected chi connectivity index (χ2v) is 4.21. The van der Waals surface area contributed by atoms with Crippen molar-refractivity contribution in [3.63, 3.8) is 0 Å². The van der Waals surface area contributed by atoms with Crippen molar-refractivity contribution >= 4 is 5.91 Å². The van der Waals surface area contributed by atoms with Crippen molar-refractivity contribution in [2.75, 3.05) is 6.54 Å². The average molecular weight is 250 g/mol. The van der Waals surface area contributed by atoms with E-state index in [2.05, 4.69) is 15.6 Å². The first-order valence-corrected chi connectivity index (χ1v) is 5.40. The second kappa shape index (κ2) is 4.61. The largest absolute Gasteiger partial charge is 0.466 e. The summed E-state index contributed by atoms with van der Waals surface area (Å²) < 4.78 is 6.54. The molecule has 2 rings (SSSR count). The monoisotopic (exact) mass is 250 g/mol. The van der Waals surface area contributed by atoms with Crippen LogP contribution >= 0.6 is 0 Å². The van der Waals surface area contributed by atoms with Gasteiger partial charge in [0.25, 0.3) is 5.91 Å². The van der Waals surface area contributed by atoms with Crippen LogP contribution in [0, 0.1) is 0 Å². The summed E-state index contributed by atoms with van der Waals surface area (Å²) in [6.45, 7) is 1.58. The molecule has 2 aromatic heterocycles. The normalized spacial score (nSPS) is 14.2. The molecule has 0 aliphatic rings. The van der Waals surface area contributed by atoms with Crippen molar-refractivity contribution < 1.29 is 14.3 Å². The van der Waals surface area contributed by atoms with E-state index in [0.29, 0.717) is 5.76 Å². The number of carbonyl (C=O) groups is 1. The summed E-state index contributed by atoms with van der Waals surface area (Å²) in [5.74, 6) is -0.00289. The third-order valence-corrected chi connectivity index (χ3v) is 2.48. The Morgan fingerprint density at radius 1 is 1.67 bits per heavy atom. The Morgan fingerprint density at radius 2 is 2.44 bits per heavy atom. The lowest BCUT2D eigenvalue weighted by Crippen LogP contribution is -2.38. The van der Waals surface area contributed by atoms with Gasteiger partial charge in [0.15, 0.2) is 5.69 Å². The van der Waals surface area contributed by atoms with E-state index in [1.807, 2.05) is 0 Å². The highest BCUT2D eigenvalue weighted by Gasteiger charge is 2.27. The predicted octanol–water partition coefficient (Wildman–Crippen LogP) is 0.0456. The van der Waals surface area contributed by atoms with E-state index >= 15 is 0 Å². The number of rotatable bonds is 4. The van der Waals surface area contributed by atoms with Crippen LogP contribution in [0.4, 0.5) is 0 Å². The zero-order valence-electron chi connectivity index (χ0n) is 10.1. The summed E-state index contributed by atoms with van der Waals surface area (Å²) in [5, 5.41) is 20.0. The van der Waals surface area contributed by atoms with Crippen molar-refractivity contribution in [2.45, 2.75) is 12.5 Å². The first kappa shape index (κ1) is 12.3. The number of aliphatic hydroxyl groups is 1. The van der Waals surface area contributed by atoms with E-state index in [1.165, 1.54) is 17.1 Å². The lowest BCUT2D eigenvalue weighted by molar-refractivity contribution is 0.0329. The van der Waals surface area contributed by atoms with Gasteiger partial charge < -0.3 is 14.8 Å². The first-order chi connectivity index (χ1) is 8.49. The minimum Gasteiger partial charge on any atom is -0.466 e. The molecule has 0 unspecified atom stereocenters. The lowest BCUT2D eigenvalue weighted by Gasteiger charge is -2.20. The van der Waals surface area contributed by atoms with E-state index in [9.17, 15) is 9.90 Å². The third kappa shape index (κ3) is 2.57. The van der Waals surface area contributed by atoms with Crippen LogP contribution in [0.1, 0.15) is 23.2 Å². The van der Waals surface area contributed by atoms with Gasteiger partial charge in [0, 0.05) is 7.05 Å². The SMILES string of the molecule is Cn1cc(C(=O)NC[C@](C)(O)c2ccco2)nn1. The Balaban J connectivity index is 1.98. The van der Waals surface area contributed by atoms with E-state index < -0.39 is 11.5 Å². The highest BCUT2D eigenvalue weighted by Crippen LogP contribution is 2.19. The quantitative estimate of drug-likeness (QED) is 0.799. The molecular weight excluding hydrogens is 236 g/mol. The van der Waals surface area contributed by atoms with Crippen LogP contribution in [0.2, 0.25) is 0 Å². The van der Waals surface area contributed by atoms with E-state index in [4.69, 9.17) is 4.42 Å². The summed E-state index contributed by atoms with van der Waals surface area (Å²) in [5.41, 5.74) is -1.06. The minimum atomic E-state index is -1.26. The molecule has 7 nitrogen and oxygen atoms in total. The van der Waals surface area contributed by atoms with Crippen LogP contribution in [-0.2, 0) is 12.6 Å². The number of carbonyl (C=O) groups excluding carboxylic acids is 1. The highest BCUT2D eigenvalue weighted by atomic mass is 16.4. The molecule has 2 heterocycles. The molecule has 2 aromatic rings. The number of nitrogens with one attached hydrogen (secondary N) is 1. The van der Waals surface area contributed by atoms with Crippen molar-refractivity contribution in [3.05, 3.63) is 36.0 Å². The molecule has 0 saturated carbocycles. The Labute approximate surface area is 103 Å². The van der Waals surface area contributed by atoms with E-state index in [1.54, 1.807) is 26.1 Å². The van der Waals surface area contributed by atoms with Gasteiger partial charge in [-0.3, -0.25) is 9.48 Å². The topological polar surface area (TPSA) is 93.2 Å². The number of amides is 1. The standard InChI is InChI=1S/C11H14N4O3/c1-11(17,9-4-3-5-18-9)7-12-10(16)8-6-15(2)14-13-8/h3-6,17H,7H2,1-2H3,(H,12,16)/t11-/m0/s1. The number of hydrogen-bond acceptors (Lipinski definition) is 5. The predicted molar refractivity (Wildman–Crippen MR) is 61.6 cm³/mol. The molecule has 0 spiro atoms. The van der Waals surface area contributed by atoms with Crippen molar-refractivity contribution in [1.29, 1.82) is 0 Å². The molecule has 0 aliphatic heterocycles. The molecule has 18 heavy (non-hydrogen) atoms. The molecular formula is C11H14N4O3. The maximum atomic E-state index is 11.7. The van der Waals surface area contributed by atoms with Crippen molar-refractivity contribution in [2.24, 2.45) is 7.05 Å². The molecule has 0 aromatic carbocycles. The zero-order valence-corrected chi connectivity index (χ0v) is 10.1. The highest BCUT2D eigenvalue weighted by molar-refractivity contribution is 5.91. The molecule has 0 bridgehead atoms. The molecule has 0 aliphatic carbocycles. The van der Waals surface area contributed by atoms with Gasteiger partial charge in [0.05, 0.1) is 19.0 Å². The van der Waals surface area contributed by atoms with Gasteiger partial charge in [-0.25, -0.2) is 0 Å². The van der Waals surface area contributed by atoms with E-state index in [-0.39, 0.29) is 12.2 Å². The Hall–Kier alpha value is -2.15. The van der Waals surface area contributed by atoms with Gasteiger partial charge in [0.1, 0.15) is 11.4 Å². The van der Waals surface area contributed by atoms with Crippen LogP contribution in [-0.4, -0.2) is 32.6 Å².